The predicted molar refractivity (Wildman–Crippen MR) is 119 cm³/mol. The van der Waals surface area contributed by atoms with Crippen LogP contribution in [0.15, 0.2) is 48.7 Å². The van der Waals surface area contributed by atoms with E-state index >= 15 is 0 Å². The summed E-state index contributed by atoms with van der Waals surface area (Å²) < 4.78 is 4.97. The smallest absolute Gasteiger partial charge is 0.332 e. The summed E-state index contributed by atoms with van der Waals surface area (Å²) >= 11 is 0. The van der Waals surface area contributed by atoms with Crippen LogP contribution in [-0.2, 0) is 32.1 Å². The molecule has 10 nitrogen and oxygen atoms in total. The highest BCUT2D eigenvalue weighted by molar-refractivity contribution is 6.03. The molecule has 0 aliphatic heterocycles. The van der Waals surface area contributed by atoms with E-state index in [1.807, 2.05) is 18.2 Å². The molecule has 0 fully saturated rings. The fraction of sp³-hybridized carbons (Fsp3) is 0.318. The largest absolute Gasteiger partial charge is 0.464 e. The van der Waals surface area contributed by atoms with Gasteiger partial charge in [-0.1, -0.05) is 30.3 Å². The number of carbonyl (C=O) groups excluding carboxylic acids is 3. The molecule has 1 heterocycles. The third kappa shape index (κ3) is 8.15. The number of rotatable bonds is 12. The minimum absolute atomic E-state index is 0.0494. The number of carbonyl (C=O) groups is 3. The average Bonchev–Trinajstić information content (AvgIpc) is 2.79. The zero-order valence-electron chi connectivity index (χ0n) is 17.9. The van der Waals surface area contributed by atoms with E-state index < -0.39 is 17.9 Å². The van der Waals surface area contributed by atoms with Gasteiger partial charge in [0.1, 0.15) is 5.84 Å². The fourth-order valence-electron chi connectivity index (χ4n) is 2.74. The molecule has 0 radical (unpaired) electrons. The van der Waals surface area contributed by atoms with Gasteiger partial charge in [0.25, 0.3) is 0 Å². The molecule has 1 aromatic heterocycles. The third-order valence-corrected chi connectivity index (χ3v) is 4.41. The van der Waals surface area contributed by atoms with E-state index in [-0.39, 0.29) is 31.4 Å². The average molecular weight is 441 g/mol. The molecule has 0 spiro atoms. The normalized spacial score (nSPS) is 11.3. The molecule has 1 aromatic carbocycles. The summed E-state index contributed by atoms with van der Waals surface area (Å²) in [7, 11) is 0. The van der Waals surface area contributed by atoms with E-state index in [9.17, 15) is 14.4 Å². The highest BCUT2D eigenvalue weighted by Crippen LogP contribution is 2.04. The zero-order valence-corrected chi connectivity index (χ0v) is 17.9. The van der Waals surface area contributed by atoms with Crippen LogP contribution in [0.25, 0.3) is 0 Å². The van der Waals surface area contributed by atoms with E-state index in [4.69, 9.17) is 15.9 Å². The maximum Gasteiger partial charge on any atom is 0.332 e. The molecule has 0 saturated heterocycles. The molecule has 0 saturated carbocycles. The Balaban J connectivity index is 1.84. The van der Waals surface area contributed by atoms with Gasteiger partial charge in [-0.3, -0.25) is 25.3 Å². The molecule has 0 aliphatic rings. The third-order valence-electron chi connectivity index (χ3n) is 4.41. The molecule has 32 heavy (non-hydrogen) atoms. The van der Waals surface area contributed by atoms with Gasteiger partial charge in [0.05, 0.1) is 13.2 Å². The van der Waals surface area contributed by atoms with Crippen LogP contribution in [0.1, 0.15) is 23.7 Å². The molecule has 10 heteroatoms. The molecule has 170 valence electrons. The summed E-state index contributed by atoms with van der Waals surface area (Å²) in [5, 5.41) is 15.4. The Bertz CT molecular complexity index is 918. The Morgan fingerprint density at radius 1 is 1.12 bits per heavy atom. The Morgan fingerprint density at radius 3 is 2.50 bits per heavy atom. The number of aromatic nitrogens is 1. The molecule has 6 N–H and O–H groups in total. The van der Waals surface area contributed by atoms with Crippen LogP contribution < -0.4 is 21.7 Å². The first-order valence-electron chi connectivity index (χ1n) is 10.2. The van der Waals surface area contributed by atoms with Gasteiger partial charge in [0.15, 0.2) is 6.04 Å². The van der Waals surface area contributed by atoms with E-state index in [1.54, 1.807) is 37.4 Å². The lowest BCUT2D eigenvalue weighted by molar-refractivity contribution is -0.149. The molecule has 0 aliphatic carbocycles. The lowest BCUT2D eigenvalue weighted by atomic mass is 10.1. The first-order chi connectivity index (χ1) is 15.4. The molecule has 1 atom stereocenters. The number of hydrogen-bond donors (Lipinski definition) is 5. The molecule has 2 aromatic rings. The quantitative estimate of drug-likeness (QED) is 0.133. The number of benzene rings is 1. The maximum absolute atomic E-state index is 12.5. The first-order valence-corrected chi connectivity index (χ1v) is 10.2. The summed E-state index contributed by atoms with van der Waals surface area (Å²) in [5.74, 6) is -1.83. The van der Waals surface area contributed by atoms with Crippen LogP contribution in [0, 0.1) is 5.41 Å². The molecular formula is C22H28N6O4. The van der Waals surface area contributed by atoms with Crippen molar-refractivity contribution in [2.75, 3.05) is 19.7 Å². The van der Waals surface area contributed by atoms with Gasteiger partial charge in [-0.05, 0) is 24.6 Å². The Morgan fingerprint density at radius 2 is 1.88 bits per heavy atom. The highest BCUT2D eigenvalue weighted by atomic mass is 16.5. The lowest BCUT2D eigenvalue weighted by Crippen LogP contribution is -2.51. The van der Waals surface area contributed by atoms with Crippen molar-refractivity contribution >= 4 is 23.6 Å². The summed E-state index contributed by atoms with van der Waals surface area (Å²) in [6.07, 6.45) is 2.24. The van der Waals surface area contributed by atoms with Gasteiger partial charge < -0.3 is 21.1 Å². The number of ether oxygens (including phenoxy) is 1. The summed E-state index contributed by atoms with van der Waals surface area (Å²) in [6.45, 7) is 2.06. The molecule has 2 amide bonds. The number of amidine groups is 1. The number of esters is 1. The second kappa shape index (κ2) is 12.8. The Labute approximate surface area is 186 Å². The number of nitrogens with two attached hydrogens (primary N) is 1. The van der Waals surface area contributed by atoms with E-state index in [0.29, 0.717) is 18.5 Å². The molecule has 1 unspecified atom stereocenters. The number of hydrogen-bond acceptors (Lipinski definition) is 7. The van der Waals surface area contributed by atoms with E-state index in [1.165, 1.54) is 0 Å². The number of pyridine rings is 1. The monoisotopic (exact) mass is 440 g/mol. The van der Waals surface area contributed by atoms with Crippen molar-refractivity contribution in [1.29, 1.82) is 5.41 Å². The van der Waals surface area contributed by atoms with Crippen molar-refractivity contribution in [1.82, 2.24) is 20.9 Å². The van der Waals surface area contributed by atoms with Crippen molar-refractivity contribution < 1.29 is 19.1 Å². The molecule has 2 rings (SSSR count). The van der Waals surface area contributed by atoms with Gasteiger partial charge in [0, 0.05) is 37.0 Å². The lowest BCUT2D eigenvalue weighted by Gasteiger charge is -2.17. The van der Waals surface area contributed by atoms with Gasteiger partial charge in [-0.2, -0.15) is 0 Å². The maximum atomic E-state index is 12.5. The summed E-state index contributed by atoms with van der Waals surface area (Å²) in [6, 6.07) is 11.1. The van der Waals surface area contributed by atoms with E-state index in [2.05, 4.69) is 20.9 Å². The van der Waals surface area contributed by atoms with Crippen LogP contribution in [-0.4, -0.2) is 54.3 Å². The Hall–Kier alpha value is -3.79. The SMILES string of the molecule is CCOC(=O)C(NCc1ccc(C(=N)N)cc1)C(=O)NCC(=O)NCCc1ccccn1. The van der Waals surface area contributed by atoms with Gasteiger partial charge >= 0.3 is 5.97 Å². The second-order valence-corrected chi connectivity index (χ2v) is 6.82. The van der Waals surface area contributed by atoms with Crippen molar-refractivity contribution in [2.24, 2.45) is 5.73 Å². The summed E-state index contributed by atoms with van der Waals surface area (Å²) in [5.41, 5.74) is 7.63. The Kier molecular flexibility index (Phi) is 9.79. The minimum atomic E-state index is -1.27. The van der Waals surface area contributed by atoms with E-state index in [0.717, 1.165) is 11.3 Å². The fourth-order valence-corrected chi connectivity index (χ4v) is 2.74. The number of nitrogens with one attached hydrogen (secondary N) is 4. The van der Waals surface area contributed by atoms with Crippen molar-refractivity contribution in [2.45, 2.75) is 25.9 Å². The second-order valence-electron chi connectivity index (χ2n) is 6.82. The number of nitrogens with zero attached hydrogens (tertiary/aromatic N) is 1. The summed E-state index contributed by atoms with van der Waals surface area (Å²) in [4.78, 5) is 40.9. The predicted octanol–water partition coefficient (Wildman–Crippen LogP) is -0.138. The molecular weight excluding hydrogens is 412 g/mol. The van der Waals surface area contributed by atoms with Gasteiger partial charge in [-0.25, -0.2) is 4.79 Å². The minimum Gasteiger partial charge on any atom is -0.464 e. The number of nitrogen functional groups attached to an aromatic ring is 1. The van der Waals surface area contributed by atoms with Crippen LogP contribution in [0.5, 0.6) is 0 Å². The van der Waals surface area contributed by atoms with Crippen LogP contribution in [0.3, 0.4) is 0 Å². The van der Waals surface area contributed by atoms with Gasteiger partial charge in [0.2, 0.25) is 11.8 Å². The van der Waals surface area contributed by atoms with Crippen LogP contribution in [0.2, 0.25) is 0 Å². The van der Waals surface area contributed by atoms with Crippen molar-refractivity contribution in [3.05, 3.63) is 65.5 Å². The van der Waals surface area contributed by atoms with Crippen molar-refractivity contribution in [3.8, 4) is 0 Å². The van der Waals surface area contributed by atoms with Crippen LogP contribution >= 0.6 is 0 Å². The van der Waals surface area contributed by atoms with Crippen LogP contribution in [0.4, 0.5) is 0 Å². The number of amides is 2. The highest BCUT2D eigenvalue weighted by Gasteiger charge is 2.27. The topological polar surface area (TPSA) is 159 Å². The van der Waals surface area contributed by atoms with Crippen molar-refractivity contribution in [3.63, 3.8) is 0 Å². The molecule has 0 bridgehead atoms. The van der Waals surface area contributed by atoms with Gasteiger partial charge in [-0.15, -0.1) is 0 Å². The zero-order chi connectivity index (χ0) is 23.3. The standard InChI is InChI=1S/C22H28N6O4/c1-2-32-22(31)19(27-13-15-6-8-16(9-7-15)20(23)24)21(30)28-14-18(29)26-12-10-17-5-3-4-11-25-17/h3-9,11,19,27H,2,10,12-14H2,1H3,(H3,23,24)(H,26,29)(H,28,30). The first kappa shape index (κ1) is 24.5.